The maximum Gasteiger partial charge on any atom is 0.409 e. The van der Waals surface area contributed by atoms with Crippen molar-refractivity contribution >= 4 is 18.7 Å². The number of hydrogen-bond donors (Lipinski definition) is 1. The minimum Gasteiger partial charge on any atom is -0.448 e. The number of hydrogen-bond acceptors (Lipinski definition) is 3. The van der Waals surface area contributed by atoms with Gasteiger partial charge in [-0.1, -0.05) is 30.3 Å². The summed E-state index contributed by atoms with van der Waals surface area (Å²) in [5.41, 5.74) is 1.22. The van der Waals surface area contributed by atoms with Crippen molar-refractivity contribution in [2.45, 2.75) is 5.92 Å². The molecule has 1 aliphatic heterocycles. The Kier molecular flexibility index (Phi) is 3.72. The van der Waals surface area contributed by atoms with E-state index in [4.69, 9.17) is 4.74 Å². The molecule has 1 aromatic rings. The van der Waals surface area contributed by atoms with Gasteiger partial charge in [-0.2, -0.15) is 12.6 Å². The molecule has 0 N–H and O–H groups in total. The van der Waals surface area contributed by atoms with Gasteiger partial charge < -0.3 is 9.64 Å². The first-order valence-corrected chi connectivity index (χ1v) is 6.02. The number of nitrogens with zero attached hydrogens (tertiary/aromatic N) is 1. The third-order valence-electron chi connectivity index (χ3n) is 2.78. The van der Waals surface area contributed by atoms with Crippen LogP contribution >= 0.6 is 12.6 Å². The van der Waals surface area contributed by atoms with Crippen LogP contribution in [0, 0.1) is 0 Å². The van der Waals surface area contributed by atoms with Crippen molar-refractivity contribution in [1.82, 2.24) is 4.90 Å². The maximum atomic E-state index is 11.3. The van der Waals surface area contributed by atoms with E-state index in [9.17, 15) is 4.79 Å². The number of amides is 1. The van der Waals surface area contributed by atoms with E-state index < -0.39 is 0 Å². The van der Waals surface area contributed by atoms with Crippen LogP contribution in [-0.2, 0) is 4.74 Å². The number of rotatable bonds is 4. The molecule has 1 aromatic carbocycles. The number of ether oxygens (including phenoxy) is 1. The van der Waals surface area contributed by atoms with Crippen molar-refractivity contribution in [2.24, 2.45) is 0 Å². The van der Waals surface area contributed by atoms with Gasteiger partial charge in [0.05, 0.1) is 6.54 Å². The Balaban J connectivity index is 2.03. The van der Waals surface area contributed by atoms with Crippen LogP contribution < -0.4 is 0 Å². The Hall–Kier alpha value is -1.16. The van der Waals surface area contributed by atoms with E-state index in [0.29, 0.717) is 19.7 Å². The molecule has 3 nitrogen and oxygen atoms in total. The fourth-order valence-corrected chi connectivity index (χ4v) is 2.18. The molecule has 0 saturated carbocycles. The third-order valence-corrected chi connectivity index (χ3v) is 3.22. The minimum absolute atomic E-state index is 0.206. The Labute approximate surface area is 101 Å². The summed E-state index contributed by atoms with van der Waals surface area (Å²) in [6.45, 7) is 1.88. The second-order valence-electron chi connectivity index (χ2n) is 3.85. The van der Waals surface area contributed by atoms with Crippen molar-refractivity contribution < 1.29 is 9.53 Å². The molecular weight excluding hydrogens is 222 g/mol. The van der Waals surface area contributed by atoms with Crippen LogP contribution in [0.1, 0.15) is 11.5 Å². The smallest absolute Gasteiger partial charge is 0.409 e. The van der Waals surface area contributed by atoms with Crippen molar-refractivity contribution in [3.05, 3.63) is 35.9 Å². The highest BCUT2D eigenvalue weighted by molar-refractivity contribution is 7.80. The lowest BCUT2D eigenvalue weighted by Gasteiger charge is -2.20. The van der Waals surface area contributed by atoms with E-state index in [1.165, 1.54) is 5.56 Å². The van der Waals surface area contributed by atoms with Gasteiger partial charge in [0.25, 0.3) is 0 Å². The Morgan fingerprint density at radius 2 is 2.12 bits per heavy atom. The Morgan fingerprint density at radius 3 is 2.69 bits per heavy atom. The first kappa shape index (κ1) is 11.3. The van der Waals surface area contributed by atoms with Crippen LogP contribution in [0.25, 0.3) is 0 Å². The second-order valence-corrected chi connectivity index (χ2v) is 4.22. The molecule has 0 spiro atoms. The summed E-state index contributed by atoms with van der Waals surface area (Å²) in [5, 5.41) is 0. The SMILES string of the molecule is O=C1OCCN1CC(CS)c1ccccc1. The van der Waals surface area contributed by atoms with Crippen LogP contribution in [0.5, 0.6) is 0 Å². The highest BCUT2D eigenvalue weighted by atomic mass is 32.1. The quantitative estimate of drug-likeness (QED) is 0.813. The molecule has 1 saturated heterocycles. The highest BCUT2D eigenvalue weighted by Gasteiger charge is 2.25. The van der Waals surface area contributed by atoms with E-state index in [2.05, 4.69) is 24.8 Å². The normalized spacial score (nSPS) is 17.3. The van der Waals surface area contributed by atoms with Gasteiger partial charge in [0.1, 0.15) is 6.61 Å². The Morgan fingerprint density at radius 1 is 1.38 bits per heavy atom. The van der Waals surface area contributed by atoms with Gasteiger partial charge in [-0.15, -0.1) is 0 Å². The lowest BCUT2D eigenvalue weighted by atomic mass is 10.0. The fraction of sp³-hybridized carbons (Fsp3) is 0.417. The van der Waals surface area contributed by atoms with Gasteiger partial charge >= 0.3 is 6.09 Å². The fourth-order valence-electron chi connectivity index (χ4n) is 1.85. The molecule has 1 fully saturated rings. The second kappa shape index (κ2) is 5.25. The average molecular weight is 237 g/mol. The molecule has 86 valence electrons. The van der Waals surface area contributed by atoms with E-state index in [0.717, 1.165) is 5.75 Å². The number of carbonyl (C=O) groups is 1. The number of cyclic esters (lactones) is 1. The lowest BCUT2D eigenvalue weighted by Crippen LogP contribution is -2.30. The zero-order valence-corrected chi connectivity index (χ0v) is 9.90. The van der Waals surface area contributed by atoms with Gasteiger partial charge in [0.2, 0.25) is 0 Å². The molecule has 0 aromatic heterocycles. The van der Waals surface area contributed by atoms with Crippen molar-refractivity contribution in [1.29, 1.82) is 0 Å². The third kappa shape index (κ3) is 2.50. The van der Waals surface area contributed by atoms with Crippen LogP contribution in [-0.4, -0.2) is 36.4 Å². The summed E-state index contributed by atoms with van der Waals surface area (Å²) in [6, 6.07) is 10.1. The van der Waals surface area contributed by atoms with E-state index in [1.807, 2.05) is 18.2 Å². The number of benzene rings is 1. The first-order valence-electron chi connectivity index (χ1n) is 5.39. The summed E-state index contributed by atoms with van der Waals surface area (Å²) < 4.78 is 4.91. The average Bonchev–Trinajstić information content (AvgIpc) is 2.73. The van der Waals surface area contributed by atoms with Gasteiger partial charge in [-0.3, -0.25) is 0 Å². The molecule has 0 radical (unpaired) electrons. The lowest BCUT2D eigenvalue weighted by molar-refractivity contribution is 0.157. The van der Waals surface area contributed by atoms with Crippen molar-refractivity contribution in [3.8, 4) is 0 Å². The molecule has 1 unspecified atom stereocenters. The van der Waals surface area contributed by atoms with Crippen LogP contribution in [0.2, 0.25) is 0 Å². The molecule has 16 heavy (non-hydrogen) atoms. The largest absolute Gasteiger partial charge is 0.448 e. The van der Waals surface area contributed by atoms with E-state index in [1.54, 1.807) is 4.90 Å². The Bertz CT molecular complexity index is 355. The minimum atomic E-state index is -0.206. The number of carbonyl (C=O) groups excluding carboxylic acids is 1. The standard InChI is InChI=1S/C12H15NO2S/c14-12-13(6-7-15-12)8-11(9-16)10-4-2-1-3-5-10/h1-5,11,16H,6-9H2. The summed E-state index contributed by atoms with van der Waals surface area (Å²) in [5.74, 6) is 1.00. The molecule has 4 heteroatoms. The van der Waals surface area contributed by atoms with Crippen molar-refractivity contribution in [2.75, 3.05) is 25.4 Å². The van der Waals surface area contributed by atoms with Crippen LogP contribution in [0.15, 0.2) is 30.3 Å². The summed E-state index contributed by atoms with van der Waals surface area (Å²) in [7, 11) is 0. The predicted molar refractivity (Wildman–Crippen MR) is 66.0 cm³/mol. The molecule has 1 atom stereocenters. The molecular formula is C12H15NO2S. The molecule has 1 amide bonds. The zero-order valence-electron chi connectivity index (χ0n) is 9.00. The van der Waals surface area contributed by atoms with Gasteiger partial charge in [-0.25, -0.2) is 4.79 Å². The van der Waals surface area contributed by atoms with Gasteiger partial charge in [0, 0.05) is 12.5 Å². The monoisotopic (exact) mass is 237 g/mol. The highest BCUT2D eigenvalue weighted by Crippen LogP contribution is 2.20. The molecule has 1 aliphatic rings. The summed E-state index contributed by atoms with van der Waals surface area (Å²) in [4.78, 5) is 13.1. The van der Waals surface area contributed by atoms with Crippen LogP contribution in [0.4, 0.5) is 4.79 Å². The number of thiol groups is 1. The van der Waals surface area contributed by atoms with E-state index in [-0.39, 0.29) is 12.0 Å². The maximum absolute atomic E-state index is 11.3. The van der Waals surface area contributed by atoms with Crippen LogP contribution in [0.3, 0.4) is 0 Å². The van der Waals surface area contributed by atoms with Crippen molar-refractivity contribution in [3.63, 3.8) is 0 Å². The zero-order chi connectivity index (χ0) is 11.4. The van der Waals surface area contributed by atoms with Gasteiger partial charge in [-0.05, 0) is 11.3 Å². The topological polar surface area (TPSA) is 29.5 Å². The predicted octanol–water partition coefficient (Wildman–Crippen LogP) is 2.15. The summed E-state index contributed by atoms with van der Waals surface area (Å²) in [6.07, 6.45) is -0.206. The summed E-state index contributed by atoms with van der Waals surface area (Å²) >= 11 is 4.35. The molecule has 1 heterocycles. The molecule has 0 aliphatic carbocycles. The van der Waals surface area contributed by atoms with Gasteiger partial charge in [0.15, 0.2) is 0 Å². The van der Waals surface area contributed by atoms with E-state index >= 15 is 0 Å². The first-order chi connectivity index (χ1) is 7.81. The molecule has 2 rings (SSSR count). The molecule has 0 bridgehead atoms.